The van der Waals surface area contributed by atoms with E-state index in [4.69, 9.17) is 9.47 Å². The van der Waals surface area contributed by atoms with Gasteiger partial charge in [-0.1, -0.05) is 168 Å². The number of aliphatic hydroxyl groups excluding tert-OH is 7. The second-order valence-electron chi connectivity index (χ2n) is 15.1. The number of ether oxygens (including phenoxy) is 2. The molecule has 0 aromatic rings. The molecule has 9 unspecified atom stereocenters. The zero-order chi connectivity index (χ0) is 37.7. The van der Waals surface area contributed by atoms with Gasteiger partial charge >= 0.3 is 0 Å². The van der Waals surface area contributed by atoms with E-state index in [0.717, 1.165) is 38.5 Å². The van der Waals surface area contributed by atoms with Gasteiger partial charge in [0.2, 0.25) is 5.91 Å². The maximum absolute atomic E-state index is 13.0. The van der Waals surface area contributed by atoms with Crippen LogP contribution in [0.5, 0.6) is 0 Å². The average molecular weight is 734 g/mol. The zero-order valence-corrected chi connectivity index (χ0v) is 32.4. The van der Waals surface area contributed by atoms with Crippen LogP contribution in [-0.2, 0) is 14.3 Å². The van der Waals surface area contributed by atoms with Gasteiger partial charge in [-0.15, -0.1) is 0 Å². The van der Waals surface area contributed by atoms with E-state index in [2.05, 4.69) is 19.2 Å². The van der Waals surface area contributed by atoms with Gasteiger partial charge in [-0.2, -0.15) is 0 Å². The highest BCUT2D eigenvalue weighted by molar-refractivity contribution is 5.80. The van der Waals surface area contributed by atoms with Crippen LogP contribution >= 0.6 is 0 Å². The lowest BCUT2D eigenvalue weighted by Gasteiger charge is -2.40. The fourth-order valence-corrected chi connectivity index (χ4v) is 6.85. The van der Waals surface area contributed by atoms with Crippen molar-refractivity contribution in [3.63, 3.8) is 0 Å². The Bertz CT molecular complexity index is 805. The standard InChI is InChI=1S/C40H79NO10/c1-3-5-7-9-11-13-15-16-17-18-20-22-24-26-28-33(44)39(49)41-31(30-50-40-38(48)37(47)36(46)34(29-42)51-40)35(45)32(43)27-25-23-21-19-14-12-10-8-6-4-2/h31-38,40,42-48H,3-30H2,1-2H3,(H,41,49). The summed E-state index contributed by atoms with van der Waals surface area (Å²) in [6, 6.07) is -1.16. The van der Waals surface area contributed by atoms with E-state index in [1.807, 2.05) is 0 Å². The van der Waals surface area contributed by atoms with E-state index in [-0.39, 0.29) is 6.42 Å². The molecule has 0 bridgehead atoms. The van der Waals surface area contributed by atoms with Gasteiger partial charge in [0.25, 0.3) is 0 Å². The fraction of sp³-hybridized carbons (Fsp3) is 0.975. The van der Waals surface area contributed by atoms with Crippen molar-refractivity contribution in [3.8, 4) is 0 Å². The molecule has 1 aliphatic rings. The lowest BCUT2D eigenvalue weighted by molar-refractivity contribution is -0.303. The summed E-state index contributed by atoms with van der Waals surface area (Å²) < 4.78 is 11.0. The summed E-state index contributed by atoms with van der Waals surface area (Å²) in [6.07, 6.45) is 17.3. The van der Waals surface area contributed by atoms with Gasteiger partial charge in [0.1, 0.15) is 36.6 Å². The highest BCUT2D eigenvalue weighted by Crippen LogP contribution is 2.23. The number of hydrogen-bond acceptors (Lipinski definition) is 10. The molecule has 0 aromatic carbocycles. The van der Waals surface area contributed by atoms with Crippen molar-refractivity contribution in [2.45, 2.75) is 236 Å². The van der Waals surface area contributed by atoms with Crippen molar-refractivity contribution in [2.24, 2.45) is 0 Å². The lowest BCUT2D eigenvalue weighted by Crippen LogP contribution is -2.60. The van der Waals surface area contributed by atoms with Gasteiger partial charge in [-0.05, 0) is 12.8 Å². The Morgan fingerprint density at radius 2 is 1.02 bits per heavy atom. The number of amides is 1. The molecule has 0 saturated carbocycles. The predicted molar refractivity (Wildman–Crippen MR) is 201 cm³/mol. The van der Waals surface area contributed by atoms with Gasteiger partial charge in [-0.3, -0.25) is 4.79 Å². The first-order valence-corrected chi connectivity index (χ1v) is 20.9. The highest BCUT2D eigenvalue weighted by atomic mass is 16.7. The average Bonchev–Trinajstić information content (AvgIpc) is 3.13. The van der Waals surface area contributed by atoms with E-state index in [1.165, 1.54) is 103 Å². The second-order valence-corrected chi connectivity index (χ2v) is 15.1. The van der Waals surface area contributed by atoms with Crippen LogP contribution in [0, 0.1) is 0 Å². The third-order valence-corrected chi connectivity index (χ3v) is 10.4. The van der Waals surface area contributed by atoms with Gasteiger partial charge in [0.15, 0.2) is 6.29 Å². The quantitative estimate of drug-likeness (QED) is 0.0390. The molecule has 1 rings (SSSR count). The summed E-state index contributed by atoms with van der Waals surface area (Å²) >= 11 is 0. The van der Waals surface area contributed by atoms with Crippen LogP contribution < -0.4 is 5.32 Å². The second kappa shape index (κ2) is 31.5. The molecule has 1 heterocycles. The molecule has 0 spiro atoms. The lowest BCUT2D eigenvalue weighted by atomic mass is 9.98. The topological polar surface area (TPSA) is 189 Å². The number of carbonyl (C=O) groups is 1. The Hall–Kier alpha value is -0.890. The molecule has 1 amide bonds. The highest BCUT2D eigenvalue weighted by Gasteiger charge is 2.44. The minimum atomic E-state index is -1.65. The maximum atomic E-state index is 13.0. The van der Waals surface area contributed by atoms with E-state index < -0.39 is 74.2 Å². The molecule has 1 fully saturated rings. The molecule has 51 heavy (non-hydrogen) atoms. The molecule has 9 atom stereocenters. The van der Waals surface area contributed by atoms with Crippen molar-refractivity contribution >= 4 is 5.91 Å². The SMILES string of the molecule is CCCCCCCCCCCCCCCCC(O)C(=O)NC(COC1OC(CO)C(O)C(O)C1O)C(O)C(O)CCCCCCCCCCCC. The summed E-state index contributed by atoms with van der Waals surface area (Å²) in [5.41, 5.74) is 0. The molecule has 11 heteroatoms. The number of hydrogen-bond donors (Lipinski definition) is 8. The van der Waals surface area contributed by atoms with Crippen LogP contribution in [-0.4, -0.2) is 110 Å². The Balaban J connectivity index is 2.51. The summed E-state index contributed by atoms with van der Waals surface area (Å²) in [6.45, 7) is 3.40. The Kier molecular flexibility index (Phi) is 29.7. The van der Waals surface area contributed by atoms with Gasteiger partial charge < -0.3 is 50.5 Å². The molecular weight excluding hydrogens is 654 g/mol. The smallest absolute Gasteiger partial charge is 0.249 e. The van der Waals surface area contributed by atoms with E-state index >= 15 is 0 Å². The molecule has 0 aliphatic carbocycles. The van der Waals surface area contributed by atoms with E-state index in [9.17, 15) is 40.5 Å². The van der Waals surface area contributed by atoms with Crippen LogP contribution in [0.1, 0.15) is 181 Å². The maximum Gasteiger partial charge on any atom is 0.249 e. The summed E-state index contributed by atoms with van der Waals surface area (Å²) in [4.78, 5) is 13.0. The Labute approximate surface area is 309 Å². The Morgan fingerprint density at radius 1 is 0.608 bits per heavy atom. The third-order valence-electron chi connectivity index (χ3n) is 10.4. The molecular formula is C40H79NO10. The zero-order valence-electron chi connectivity index (χ0n) is 32.4. The normalized spacial score (nSPS) is 23.2. The van der Waals surface area contributed by atoms with Crippen LogP contribution in [0.3, 0.4) is 0 Å². The first-order chi connectivity index (χ1) is 24.7. The van der Waals surface area contributed by atoms with Crippen LogP contribution in [0.25, 0.3) is 0 Å². The largest absolute Gasteiger partial charge is 0.394 e. The van der Waals surface area contributed by atoms with Crippen molar-refractivity contribution in [3.05, 3.63) is 0 Å². The number of unbranched alkanes of at least 4 members (excludes halogenated alkanes) is 22. The predicted octanol–water partition coefficient (Wildman–Crippen LogP) is 5.55. The van der Waals surface area contributed by atoms with Crippen molar-refractivity contribution in [2.75, 3.05) is 13.2 Å². The van der Waals surface area contributed by atoms with E-state index in [1.54, 1.807) is 0 Å². The minimum Gasteiger partial charge on any atom is -0.394 e. The van der Waals surface area contributed by atoms with Crippen LogP contribution in [0.15, 0.2) is 0 Å². The summed E-state index contributed by atoms with van der Waals surface area (Å²) in [5, 5.41) is 75.3. The number of aliphatic hydroxyl groups is 7. The van der Waals surface area contributed by atoms with E-state index in [0.29, 0.717) is 19.3 Å². The third kappa shape index (κ3) is 22.2. The van der Waals surface area contributed by atoms with Gasteiger partial charge in [0.05, 0.1) is 25.4 Å². The first kappa shape index (κ1) is 48.1. The summed E-state index contributed by atoms with van der Waals surface area (Å²) in [7, 11) is 0. The summed E-state index contributed by atoms with van der Waals surface area (Å²) in [5.74, 6) is -0.697. The molecule has 0 aromatic heterocycles. The number of nitrogens with one attached hydrogen (secondary N) is 1. The molecule has 0 radical (unpaired) electrons. The monoisotopic (exact) mass is 734 g/mol. The fourth-order valence-electron chi connectivity index (χ4n) is 6.85. The van der Waals surface area contributed by atoms with Crippen molar-refractivity contribution < 1.29 is 50.0 Å². The molecule has 1 saturated heterocycles. The Morgan fingerprint density at radius 3 is 1.45 bits per heavy atom. The minimum absolute atomic E-state index is 0.265. The first-order valence-electron chi connectivity index (χ1n) is 20.9. The van der Waals surface area contributed by atoms with Crippen molar-refractivity contribution in [1.29, 1.82) is 0 Å². The van der Waals surface area contributed by atoms with Gasteiger partial charge in [-0.25, -0.2) is 0 Å². The molecule has 304 valence electrons. The number of carbonyl (C=O) groups excluding carboxylic acids is 1. The molecule has 8 N–H and O–H groups in total. The van der Waals surface area contributed by atoms with Crippen molar-refractivity contribution in [1.82, 2.24) is 5.32 Å². The van der Waals surface area contributed by atoms with Gasteiger partial charge in [0, 0.05) is 0 Å². The van der Waals surface area contributed by atoms with Crippen LogP contribution in [0.4, 0.5) is 0 Å². The number of rotatable bonds is 34. The molecule has 1 aliphatic heterocycles. The van der Waals surface area contributed by atoms with Crippen LogP contribution in [0.2, 0.25) is 0 Å². The molecule has 11 nitrogen and oxygen atoms in total.